The zero-order valence-corrected chi connectivity index (χ0v) is 7.44. The predicted octanol–water partition coefficient (Wildman–Crippen LogP) is 3.10. The minimum absolute atomic E-state index is 0.557. The van der Waals surface area contributed by atoms with Gasteiger partial charge in [0.15, 0.2) is 0 Å². The van der Waals surface area contributed by atoms with Gasteiger partial charge in [-0.05, 0) is 26.3 Å². The molecule has 0 aliphatic heterocycles. The van der Waals surface area contributed by atoms with Crippen LogP contribution in [0.5, 0.6) is 0 Å². The van der Waals surface area contributed by atoms with Gasteiger partial charge in [0.25, 0.3) is 0 Å². The van der Waals surface area contributed by atoms with E-state index in [0.29, 0.717) is 5.71 Å². The van der Waals surface area contributed by atoms with Gasteiger partial charge >= 0.3 is 0 Å². The first-order valence-electron chi connectivity index (χ1n) is 3.64. The highest BCUT2D eigenvalue weighted by Gasteiger charge is 1.92. The van der Waals surface area contributed by atoms with Gasteiger partial charge in [0, 0.05) is 5.71 Å². The fourth-order valence-corrected chi connectivity index (χ4v) is 0.649. The molecule has 0 radical (unpaired) electrons. The molecule has 0 atom stereocenters. The van der Waals surface area contributed by atoms with Crippen LogP contribution in [0.2, 0.25) is 0 Å². The smallest absolute Gasteiger partial charge is 0.0355 e. The predicted molar refractivity (Wildman–Crippen MR) is 51.1 cm³/mol. The monoisotopic (exact) mass is 149 g/mol. The van der Waals surface area contributed by atoms with Crippen LogP contribution in [0.15, 0.2) is 36.0 Å². The van der Waals surface area contributed by atoms with Crippen molar-refractivity contribution in [2.75, 3.05) is 0 Å². The van der Waals surface area contributed by atoms with E-state index in [9.17, 15) is 0 Å². The Labute approximate surface area is 68.6 Å². The molecule has 0 heterocycles. The van der Waals surface area contributed by atoms with Crippen molar-refractivity contribution >= 4 is 5.71 Å². The van der Waals surface area contributed by atoms with E-state index < -0.39 is 0 Å². The number of rotatable bonds is 3. The highest BCUT2D eigenvalue weighted by molar-refractivity contribution is 5.98. The van der Waals surface area contributed by atoms with E-state index in [1.807, 2.05) is 26.0 Å². The van der Waals surface area contributed by atoms with Crippen LogP contribution in [0.1, 0.15) is 20.8 Å². The minimum Gasteiger partial charge on any atom is -0.305 e. The lowest BCUT2D eigenvalue weighted by Crippen LogP contribution is -1.91. The maximum atomic E-state index is 7.35. The van der Waals surface area contributed by atoms with Crippen LogP contribution in [-0.4, -0.2) is 5.71 Å². The largest absolute Gasteiger partial charge is 0.305 e. The van der Waals surface area contributed by atoms with Crippen LogP contribution >= 0.6 is 0 Å². The van der Waals surface area contributed by atoms with Crippen LogP contribution in [0.4, 0.5) is 0 Å². The van der Waals surface area contributed by atoms with Gasteiger partial charge in [-0.2, -0.15) is 0 Å². The van der Waals surface area contributed by atoms with Crippen molar-refractivity contribution in [1.29, 1.82) is 5.41 Å². The van der Waals surface area contributed by atoms with E-state index >= 15 is 0 Å². The molecule has 0 aliphatic rings. The number of allylic oxidation sites excluding steroid dienone is 5. The number of nitrogens with one attached hydrogen (secondary N) is 1. The normalized spacial score (nSPS) is 13.0. The van der Waals surface area contributed by atoms with Gasteiger partial charge < -0.3 is 5.41 Å². The van der Waals surface area contributed by atoms with E-state index in [-0.39, 0.29) is 0 Å². The molecule has 1 nitrogen and oxygen atoms in total. The van der Waals surface area contributed by atoms with Crippen molar-refractivity contribution in [3.63, 3.8) is 0 Å². The molecule has 0 aliphatic carbocycles. The van der Waals surface area contributed by atoms with Gasteiger partial charge in [-0.15, -0.1) is 0 Å². The van der Waals surface area contributed by atoms with Gasteiger partial charge in [-0.3, -0.25) is 0 Å². The van der Waals surface area contributed by atoms with E-state index in [1.165, 1.54) is 0 Å². The molecule has 11 heavy (non-hydrogen) atoms. The van der Waals surface area contributed by atoms with Crippen molar-refractivity contribution in [2.24, 2.45) is 0 Å². The first-order chi connectivity index (χ1) is 5.11. The number of hydrogen-bond donors (Lipinski definition) is 1. The molecule has 0 aromatic heterocycles. The third kappa shape index (κ3) is 3.56. The van der Waals surface area contributed by atoms with Crippen LogP contribution in [0.3, 0.4) is 0 Å². The summed E-state index contributed by atoms with van der Waals surface area (Å²) in [6.45, 7) is 9.38. The summed E-state index contributed by atoms with van der Waals surface area (Å²) in [5, 5.41) is 7.35. The molecule has 0 aromatic carbocycles. The van der Waals surface area contributed by atoms with Crippen molar-refractivity contribution in [1.82, 2.24) is 0 Å². The summed E-state index contributed by atoms with van der Waals surface area (Å²) in [6.07, 6.45) is 5.66. The molecule has 0 saturated heterocycles. The standard InChI is InChI=1S/C10H15N/c1-5-8(3)7-10(6-2)9(4)11/h5-7,11H,2H2,1,3-4H3/b8-5-,10-7+,11-9?. The molecule has 1 N–H and O–H groups in total. The Hall–Kier alpha value is -1.11. The highest BCUT2D eigenvalue weighted by atomic mass is 14.4. The van der Waals surface area contributed by atoms with Crippen molar-refractivity contribution in [2.45, 2.75) is 20.8 Å². The maximum absolute atomic E-state index is 7.35. The second-order valence-corrected chi connectivity index (χ2v) is 2.46. The summed E-state index contributed by atoms with van der Waals surface area (Å²) in [5.41, 5.74) is 2.60. The van der Waals surface area contributed by atoms with Crippen LogP contribution < -0.4 is 0 Å². The second-order valence-electron chi connectivity index (χ2n) is 2.46. The quantitative estimate of drug-likeness (QED) is 0.471. The van der Waals surface area contributed by atoms with E-state index in [1.54, 1.807) is 13.0 Å². The van der Waals surface area contributed by atoms with E-state index in [2.05, 4.69) is 6.58 Å². The van der Waals surface area contributed by atoms with E-state index in [0.717, 1.165) is 11.1 Å². The molecule has 0 spiro atoms. The summed E-state index contributed by atoms with van der Waals surface area (Å²) in [7, 11) is 0. The SMILES string of the molecule is C=C/C(=C\C(C)=C/C)C(C)=N. The second kappa shape index (κ2) is 4.67. The zero-order valence-electron chi connectivity index (χ0n) is 7.44. The topological polar surface area (TPSA) is 23.9 Å². The molecule has 0 unspecified atom stereocenters. The molecule has 60 valence electrons. The third-order valence-corrected chi connectivity index (χ3v) is 1.49. The van der Waals surface area contributed by atoms with Crippen molar-refractivity contribution < 1.29 is 0 Å². The van der Waals surface area contributed by atoms with Crippen LogP contribution in [0.25, 0.3) is 0 Å². The van der Waals surface area contributed by atoms with Crippen LogP contribution in [-0.2, 0) is 0 Å². The summed E-state index contributed by atoms with van der Waals surface area (Å²) in [5.74, 6) is 0. The first-order valence-corrected chi connectivity index (χ1v) is 3.64. The summed E-state index contributed by atoms with van der Waals surface area (Å²) in [6, 6.07) is 0. The van der Waals surface area contributed by atoms with Gasteiger partial charge in [-0.1, -0.05) is 30.4 Å². The number of hydrogen-bond acceptors (Lipinski definition) is 1. The lowest BCUT2D eigenvalue weighted by Gasteiger charge is -1.97. The zero-order chi connectivity index (χ0) is 8.85. The molecule has 0 amide bonds. The van der Waals surface area contributed by atoms with E-state index in [4.69, 9.17) is 5.41 Å². The third-order valence-electron chi connectivity index (χ3n) is 1.49. The minimum atomic E-state index is 0.557. The molecular weight excluding hydrogens is 134 g/mol. The van der Waals surface area contributed by atoms with Gasteiger partial charge in [0.05, 0.1) is 0 Å². The lowest BCUT2D eigenvalue weighted by molar-refractivity contribution is 1.42. The molecule has 0 aromatic rings. The van der Waals surface area contributed by atoms with Gasteiger partial charge in [-0.25, -0.2) is 0 Å². The summed E-state index contributed by atoms with van der Waals surface area (Å²) < 4.78 is 0. The fraction of sp³-hybridized carbons (Fsp3) is 0.300. The highest BCUT2D eigenvalue weighted by Crippen LogP contribution is 2.03. The van der Waals surface area contributed by atoms with Crippen LogP contribution in [0, 0.1) is 5.41 Å². The van der Waals surface area contributed by atoms with Gasteiger partial charge in [0.1, 0.15) is 0 Å². The average molecular weight is 149 g/mol. The Balaban J connectivity index is 4.62. The Bertz CT molecular complexity index is 219. The maximum Gasteiger partial charge on any atom is 0.0355 e. The first kappa shape index (κ1) is 9.89. The molecule has 0 saturated carbocycles. The fourth-order valence-electron chi connectivity index (χ4n) is 0.649. The molecule has 1 heteroatoms. The van der Waals surface area contributed by atoms with Crippen molar-refractivity contribution in [3.8, 4) is 0 Å². The molecule has 0 bridgehead atoms. The Morgan fingerprint density at radius 2 is 1.91 bits per heavy atom. The Kier molecular flexibility index (Phi) is 4.20. The lowest BCUT2D eigenvalue weighted by atomic mass is 10.1. The molecule has 0 rings (SSSR count). The molecular formula is C10H15N. The molecule has 0 fully saturated rings. The van der Waals surface area contributed by atoms with Crippen molar-refractivity contribution in [3.05, 3.63) is 36.0 Å². The Morgan fingerprint density at radius 3 is 2.18 bits per heavy atom. The summed E-state index contributed by atoms with van der Waals surface area (Å²) >= 11 is 0. The summed E-state index contributed by atoms with van der Waals surface area (Å²) in [4.78, 5) is 0. The average Bonchev–Trinajstić information content (AvgIpc) is 1.99. The van der Waals surface area contributed by atoms with Gasteiger partial charge in [0.2, 0.25) is 0 Å². The Morgan fingerprint density at radius 1 is 1.36 bits per heavy atom.